The molecule has 8 rings (SSSR count). The first kappa shape index (κ1) is 41.2. The second-order valence-corrected chi connectivity index (χ2v) is 17.2. The summed E-state index contributed by atoms with van der Waals surface area (Å²) in [4.78, 5) is 68.0. The van der Waals surface area contributed by atoms with Crippen LogP contribution in [0.1, 0.15) is 98.6 Å². The van der Waals surface area contributed by atoms with Gasteiger partial charge in [-0.25, -0.2) is 4.98 Å². The minimum absolute atomic E-state index is 0.00504. The van der Waals surface area contributed by atoms with E-state index in [1.54, 1.807) is 31.1 Å². The van der Waals surface area contributed by atoms with Gasteiger partial charge in [0.25, 0.3) is 11.8 Å². The number of nitrogens with zero attached hydrogens (tertiary/aromatic N) is 7. The third-order valence-corrected chi connectivity index (χ3v) is 12.9. The number of carbonyl (C=O) groups is 4. The van der Waals surface area contributed by atoms with Crippen LogP contribution in [0, 0.1) is 5.92 Å². The Labute approximate surface area is 352 Å². The molecule has 3 aliphatic heterocycles. The first-order valence-electron chi connectivity index (χ1n) is 22.0. The summed E-state index contributed by atoms with van der Waals surface area (Å²) >= 11 is 0. The topological polar surface area (TPSA) is 145 Å². The summed E-state index contributed by atoms with van der Waals surface area (Å²) in [6.07, 6.45) is 12.7. The standard InChI is InChI=1S/C46H59N9O5/c1-51(2)45(59)40-29-34-30-47-46(50-43(34)55(40)37-10-3-4-11-37)48-35-13-15-36(16-14-35)53-26-24-52(25-27-53)21-6-5-8-32-19-22-54(23-20-32)42(57)31-60-38-12-7-9-33(28-38)39-17-18-41(56)49-44(39)58/h7,9,12-16,28-30,32,37,39H,3-6,8,10-11,17-27,31H2,1-2H3,(H,47,48,50)(H,49,56,58). The van der Waals surface area contributed by atoms with Crippen molar-refractivity contribution in [3.8, 4) is 5.75 Å². The summed E-state index contributed by atoms with van der Waals surface area (Å²) in [5.74, 6) is 0.833. The quantitative estimate of drug-likeness (QED) is 0.113. The van der Waals surface area contributed by atoms with E-state index in [2.05, 4.69) is 54.2 Å². The molecular formula is C46H59N9O5. The Morgan fingerprint density at radius 3 is 2.40 bits per heavy atom. The van der Waals surface area contributed by atoms with Crippen LogP contribution >= 0.6 is 0 Å². The van der Waals surface area contributed by atoms with E-state index in [0.717, 1.165) is 93.8 Å². The third-order valence-electron chi connectivity index (χ3n) is 12.9. The van der Waals surface area contributed by atoms with Crippen molar-refractivity contribution < 1.29 is 23.9 Å². The van der Waals surface area contributed by atoms with E-state index in [1.807, 2.05) is 29.3 Å². The molecule has 14 heteroatoms. The number of unbranched alkanes of at least 4 members (excludes halogenated alkanes) is 1. The number of amides is 4. The van der Waals surface area contributed by atoms with Crippen LogP contribution in [-0.2, 0) is 14.4 Å². The van der Waals surface area contributed by atoms with Gasteiger partial charge < -0.3 is 29.3 Å². The number of piperidine rings is 2. The Kier molecular flexibility index (Phi) is 12.9. The van der Waals surface area contributed by atoms with Crippen molar-refractivity contribution in [1.29, 1.82) is 0 Å². The number of benzene rings is 2. The highest BCUT2D eigenvalue weighted by atomic mass is 16.5. The summed E-state index contributed by atoms with van der Waals surface area (Å²) in [7, 11) is 3.58. The monoisotopic (exact) mass is 817 g/mol. The van der Waals surface area contributed by atoms with Gasteiger partial charge in [0.05, 0.1) is 5.92 Å². The molecule has 4 aliphatic rings. The number of piperazine rings is 1. The lowest BCUT2D eigenvalue weighted by Crippen LogP contribution is -2.46. The van der Waals surface area contributed by atoms with Gasteiger partial charge in [0.1, 0.15) is 17.1 Å². The van der Waals surface area contributed by atoms with E-state index in [-0.39, 0.29) is 42.2 Å². The smallest absolute Gasteiger partial charge is 0.270 e. The lowest BCUT2D eigenvalue weighted by Gasteiger charge is -2.36. The van der Waals surface area contributed by atoms with Crippen molar-refractivity contribution >= 4 is 52.0 Å². The number of hydrogen-bond acceptors (Lipinski definition) is 10. The molecule has 1 atom stereocenters. The number of ether oxygens (including phenoxy) is 1. The maximum atomic E-state index is 13.1. The number of aromatic nitrogens is 3. The predicted octanol–water partition coefficient (Wildman–Crippen LogP) is 6.12. The summed E-state index contributed by atoms with van der Waals surface area (Å²) in [5, 5.41) is 6.69. The summed E-state index contributed by atoms with van der Waals surface area (Å²) in [6, 6.07) is 18.0. The van der Waals surface area contributed by atoms with Gasteiger partial charge in [0.2, 0.25) is 17.8 Å². The molecule has 318 valence electrons. The molecule has 4 fully saturated rings. The van der Waals surface area contributed by atoms with Gasteiger partial charge in [-0.2, -0.15) is 4.98 Å². The lowest BCUT2D eigenvalue weighted by atomic mass is 9.90. The Hall–Kier alpha value is -5.50. The highest BCUT2D eigenvalue weighted by molar-refractivity contribution is 6.01. The molecule has 1 saturated carbocycles. The molecule has 60 heavy (non-hydrogen) atoms. The molecule has 14 nitrogen and oxygen atoms in total. The van der Waals surface area contributed by atoms with Crippen LogP contribution in [-0.4, -0.2) is 119 Å². The molecule has 1 aliphatic carbocycles. The third kappa shape index (κ3) is 9.75. The summed E-state index contributed by atoms with van der Waals surface area (Å²) < 4.78 is 8.00. The maximum Gasteiger partial charge on any atom is 0.270 e. The van der Waals surface area contributed by atoms with Gasteiger partial charge in [0, 0.05) is 88.8 Å². The molecule has 4 amide bonds. The minimum atomic E-state index is -0.380. The van der Waals surface area contributed by atoms with Crippen molar-refractivity contribution in [2.24, 2.45) is 5.92 Å². The molecular weight excluding hydrogens is 759 g/mol. The lowest BCUT2D eigenvalue weighted by molar-refractivity contribution is -0.135. The van der Waals surface area contributed by atoms with Crippen molar-refractivity contribution in [1.82, 2.24) is 34.6 Å². The SMILES string of the molecule is CN(C)C(=O)c1cc2cnc(Nc3ccc(N4CCN(CCCCC5CCN(C(=O)COc6cccc(C7CCC(=O)NC7=O)c6)CC5)CC4)cc3)nc2n1C1CCCC1. The average Bonchev–Trinajstić information content (AvgIpc) is 3.93. The van der Waals surface area contributed by atoms with Crippen LogP contribution in [0.2, 0.25) is 0 Å². The number of fused-ring (bicyclic) bond motifs is 1. The van der Waals surface area contributed by atoms with E-state index >= 15 is 0 Å². The molecule has 4 aromatic rings. The number of likely N-dealkylation sites (tertiary alicyclic amines) is 1. The van der Waals surface area contributed by atoms with Gasteiger partial charge in [-0.05, 0) is 99.0 Å². The fourth-order valence-electron chi connectivity index (χ4n) is 9.42. The van der Waals surface area contributed by atoms with Crippen molar-refractivity contribution in [3.63, 3.8) is 0 Å². The highest BCUT2D eigenvalue weighted by Gasteiger charge is 2.29. The molecule has 5 heterocycles. The van der Waals surface area contributed by atoms with Crippen LogP contribution in [0.4, 0.5) is 17.3 Å². The highest BCUT2D eigenvalue weighted by Crippen LogP contribution is 2.35. The zero-order chi connectivity index (χ0) is 41.6. The Balaban J connectivity index is 0.726. The molecule has 2 N–H and O–H groups in total. The molecule has 2 aromatic carbocycles. The van der Waals surface area contributed by atoms with E-state index in [0.29, 0.717) is 36.2 Å². The predicted molar refractivity (Wildman–Crippen MR) is 232 cm³/mol. The number of imide groups is 1. The molecule has 0 spiro atoms. The number of rotatable bonds is 14. The summed E-state index contributed by atoms with van der Waals surface area (Å²) in [5.41, 5.74) is 4.44. The van der Waals surface area contributed by atoms with Crippen LogP contribution in [0.15, 0.2) is 60.8 Å². The van der Waals surface area contributed by atoms with Crippen LogP contribution in [0.5, 0.6) is 5.75 Å². The van der Waals surface area contributed by atoms with Gasteiger partial charge in [-0.15, -0.1) is 0 Å². The Morgan fingerprint density at radius 2 is 1.67 bits per heavy atom. The normalized spacial score (nSPS) is 19.5. The first-order chi connectivity index (χ1) is 29.2. The van der Waals surface area contributed by atoms with E-state index < -0.39 is 0 Å². The van der Waals surface area contributed by atoms with Crippen LogP contribution in [0.25, 0.3) is 11.0 Å². The fourth-order valence-corrected chi connectivity index (χ4v) is 9.42. The van der Waals surface area contributed by atoms with Gasteiger partial charge in [-0.3, -0.25) is 29.4 Å². The number of hydrogen-bond donors (Lipinski definition) is 2. The molecule has 2 aromatic heterocycles. The van der Waals surface area contributed by atoms with Crippen molar-refractivity contribution in [3.05, 3.63) is 72.1 Å². The van der Waals surface area contributed by atoms with E-state index in [1.165, 1.54) is 37.8 Å². The van der Waals surface area contributed by atoms with E-state index in [9.17, 15) is 19.2 Å². The number of nitrogens with one attached hydrogen (secondary N) is 2. The largest absolute Gasteiger partial charge is 0.484 e. The molecule has 0 radical (unpaired) electrons. The van der Waals surface area contributed by atoms with E-state index in [4.69, 9.17) is 9.72 Å². The molecule has 0 bridgehead atoms. The van der Waals surface area contributed by atoms with Gasteiger partial charge in [0.15, 0.2) is 6.61 Å². The van der Waals surface area contributed by atoms with Crippen LogP contribution < -0.4 is 20.3 Å². The Morgan fingerprint density at radius 1 is 0.900 bits per heavy atom. The zero-order valence-corrected chi connectivity index (χ0v) is 35.1. The summed E-state index contributed by atoms with van der Waals surface area (Å²) in [6.45, 7) is 6.74. The van der Waals surface area contributed by atoms with Gasteiger partial charge >= 0.3 is 0 Å². The van der Waals surface area contributed by atoms with Gasteiger partial charge in [-0.1, -0.05) is 37.8 Å². The molecule has 1 unspecified atom stereocenters. The average molecular weight is 818 g/mol. The zero-order valence-electron chi connectivity index (χ0n) is 35.1. The second kappa shape index (κ2) is 18.8. The second-order valence-electron chi connectivity index (χ2n) is 17.2. The molecule has 3 saturated heterocycles. The first-order valence-corrected chi connectivity index (χ1v) is 22.0. The maximum absolute atomic E-state index is 13.1. The van der Waals surface area contributed by atoms with Crippen molar-refractivity contribution in [2.45, 2.75) is 82.6 Å². The van der Waals surface area contributed by atoms with Crippen LogP contribution in [0.3, 0.4) is 0 Å². The fraction of sp³-hybridized carbons (Fsp3) is 0.522. The Bertz CT molecular complexity index is 2150. The number of carbonyl (C=O) groups excluding carboxylic acids is 4. The number of anilines is 3. The minimum Gasteiger partial charge on any atom is -0.484 e. The van der Waals surface area contributed by atoms with Crippen molar-refractivity contribution in [2.75, 3.05) is 76.7 Å².